The molecular weight excluding hydrogens is 396 g/mol. The summed E-state index contributed by atoms with van der Waals surface area (Å²) in [5, 5.41) is 14.1. The number of nitrogens with zero attached hydrogens (tertiary/aromatic N) is 1. The van der Waals surface area contributed by atoms with Crippen molar-refractivity contribution in [3.63, 3.8) is 0 Å². The van der Waals surface area contributed by atoms with Crippen LogP contribution in [0.3, 0.4) is 0 Å². The van der Waals surface area contributed by atoms with Crippen molar-refractivity contribution in [3.05, 3.63) is 0 Å². The van der Waals surface area contributed by atoms with Gasteiger partial charge in [-0.2, -0.15) is 0 Å². The number of nitrogens with one attached hydrogen (secondary N) is 2. The Labute approximate surface area is 174 Å². The molecule has 4 amide bonds. The molecule has 0 aromatic rings. The van der Waals surface area contributed by atoms with Crippen molar-refractivity contribution in [2.75, 3.05) is 13.1 Å². The summed E-state index contributed by atoms with van der Waals surface area (Å²) in [5.74, 6) is -3.90. The van der Waals surface area contributed by atoms with Gasteiger partial charge in [0.15, 0.2) is 0 Å². The van der Waals surface area contributed by atoms with E-state index in [1.165, 1.54) is 11.8 Å². The summed E-state index contributed by atoms with van der Waals surface area (Å²) >= 11 is 0. The molecule has 1 heterocycles. The van der Waals surface area contributed by atoms with E-state index in [0.717, 1.165) is 0 Å². The average molecular weight is 428 g/mol. The van der Waals surface area contributed by atoms with E-state index in [9.17, 15) is 29.1 Å². The molecule has 12 nitrogen and oxygen atoms in total. The SMILES string of the molecule is CC(N)C(=O)NC(CCCCN)C(=O)N1CCCC1C(=O)NC(CC(N)=O)C(=O)O. The average Bonchev–Trinajstić information content (AvgIpc) is 3.15. The second-order valence-electron chi connectivity index (χ2n) is 7.39. The molecule has 0 spiro atoms. The molecule has 1 saturated heterocycles. The molecule has 4 atom stereocenters. The van der Waals surface area contributed by atoms with E-state index < -0.39 is 60.2 Å². The Morgan fingerprint density at radius 3 is 2.33 bits per heavy atom. The predicted molar refractivity (Wildman–Crippen MR) is 107 cm³/mol. The topological polar surface area (TPSA) is 211 Å². The normalized spacial score (nSPS) is 18.9. The van der Waals surface area contributed by atoms with E-state index >= 15 is 0 Å². The maximum Gasteiger partial charge on any atom is 0.326 e. The van der Waals surface area contributed by atoms with Gasteiger partial charge in [-0.3, -0.25) is 19.2 Å². The molecule has 0 saturated carbocycles. The Kier molecular flexibility index (Phi) is 10.2. The third kappa shape index (κ3) is 7.59. The van der Waals surface area contributed by atoms with Crippen molar-refractivity contribution in [1.29, 1.82) is 0 Å². The van der Waals surface area contributed by atoms with Crippen molar-refractivity contribution in [2.45, 2.75) is 69.6 Å². The van der Waals surface area contributed by atoms with Gasteiger partial charge in [-0.1, -0.05) is 0 Å². The summed E-state index contributed by atoms with van der Waals surface area (Å²) in [6.07, 6.45) is 1.89. The molecule has 0 radical (unpaired) electrons. The highest BCUT2D eigenvalue weighted by molar-refractivity contribution is 5.95. The van der Waals surface area contributed by atoms with Gasteiger partial charge >= 0.3 is 5.97 Å². The molecule has 0 aromatic heterocycles. The maximum atomic E-state index is 13.1. The van der Waals surface area contributed by atoms with Crippen molar-refractivity contribution in [3.8, 4) is 0 Å². The van der Waals surface area contributed by atoms with E-state index in [1.54, 1.807) is 0 Å². The zero-order valence-corrected chi connectivity index (χ0v) is 17.1. The molecule has 1 rings (SSSR count). The Morgan fingerprint density at radius 1 is 1.13 bits per heavy atom. The fourth-order valence-corrected chi connectivity index (χ4v) is 3.23. The van der Waals surface area contributed by atoms with Gasteiger partial charge in [0.1, 0.15) is 18.1 Å². The summed E-state index contributed by atoms with van der Waals surface area (Å²) in [6.45, 7) is 2.22. The summed E-state index contributed by atoms with van der Waals surface area (Å²) in [7, 11) is 0. The maximum absolute atomic E-state index is 13.1. The van der Waals surface area contributed by atoms with Crippen LogP contribution < -0.4 is 27.8 Å². The molecule has 4 unspecified atom stereocenters. The summed E-state index contributed by atoms with van der Waals surface area (Å²) in [6, 6.07) is -4.07. The number of primary amides is 1. The van der Waals surface area contributed by atoms with Crippen molar-refractivity contribution < 1.29 is 29.1 Å². The molecule has 1 fully saturated rings. The van der Waals surface area contributed by atoms with E-state index in [4.69, 9.17) is 17.2 Å². The highest BCUT2D eigenvalue weighted by Crippen LogP contribution is 2.20. The Hall–Kier alpha value is -2.73. The number of aliphatic carboxylic acids is 1. The fraction of sp³-hybridized carbons (Fsp3) is 0.722. The second-order valence-corrected chi connectivity index (χ2v) is 7.39. The number of likely N-dealkylation sites (tertiary alicyclic amines) is 1. The lowest BCUT2D eigenvalue weighted by Crippen LogP contribution is -2.56. The van der Waals surface area contributed by atoms with Crippen LogP contribution in [0.4, 0.5) is 0 Å². The number of hydrogen-bond donors (Lipinski definition) is 6. The van der Waals surface area contributed by atoms with Crippen LogP contribution >= 0.6 is 0 Å². The molecule has 1 aliphatic rings. The highest BCUT2D eigenvalue weighted by atomic mass is 16.4. The van der Waals surface area contributed by atoms with Gasteiger partial charge in [0.2, 0.25) is 23.6 Å². The lowest BCUT2D eigenvalue weighted by atomic mass is 10.1. The van der Waals surface area contributed by atoms with Crippen LogP contribution in [0, 0.1) is 0 Å². The summed E-state index contributed by atoms with van der Waals surface area (Å²) in [4.78, 5) is 61.4. The zero-order valence-electron chi connectivity index (χ0n) is 17.1. The quantitative estimate of drug-likeness (QED) is 0.181. The van der Waals surface area contributed by atoms with Crippen LogP contribution in [0.25, 0.3) is 0 Å². The van der Waals surface area contributed by atoms with Gasteiger partial charge in [0.25, 0.3) is 0 Å². The fourth-order valence-electron chi connectivity index (χ4n) is 3.23. The number of carbonyl (C=O) groups excluding carboxylic acids is 4. The predicted octanol–water partition coefficient (Wildman–Crippen LogP) is -2.62. The van der Waals surface area contributed by atoms with Crippen molar-refractivity contribution >= 4 is 29.6 Å². The third-order valence-electron chi connectivity index (χ3n) is 4.83. The Balaban J connectivity index is 2.91. The van der Waals surface area contributed by atoms with Crippen LogP contribution in [-0.4, -0.2) is 76.9 Å². The lowest BCUT2D eigenvalue weighted by Gasteiger charge is -2.29. The first kappa shape index (κ1) is 25.3. The van der Waals surface area contributed by atoms with Gasteiger partial charge in [0, 0.05) is 6.54 Å². The summed E-state index contributed by atoms with van der Waals surface area (Å²) < 4.78 is 0. The highest BCUT2D eigenvalue weighted by Gasteiger charge is 2.39. The molecule has 0 bridgehead atoms. The van der Waals surface area contributed by atoms with Gasteiger partial charge in [-0.15, -0.1) is 0 Å². The smallest absolute Gasteiger partial charge is 0.326 e. The second kappa shape index (κ2) is 12.1. The minimum absolute atomic E-state index is 0.284. The van der Waals surface area contributed by atoms with Crippen LogP contribution in [-0.2, 0) is 24.0 Å². The van der Waals surface area contributed by atoms with Crippen LogP contribution in [0.1, 0.15) is 45.4 Å². The van der Waals surface area contributed by atoms with Crippen molar-refractivity contribution in [2.24, 2.45) is 17.2 Å². The monoisotopic (exact) mass is 428 g/mol. The van der Waals surface area contributed by atoms with Gasteiger partial charge in [-0.25, -0.2) is 4.79 Å². The molecular formula is C18H32N6O6. The zero-order chi connectivity index (χ0) is 22.8. The Morgan fingerprint density at radius 2 is 1.80 bits per heavy atom. The van der Waals surface area contributed by atoms with E-state index in [2.05, 4.69) is 10.6 Å². The summed E-state index contributed by atoms with van der Waals surface area (Å²) in [5.41, 5.74) is 16.1. The molecule has 9 N–H and O–H groups in total. The number of carboxylic acids is 1. The Bertz CT molecular complexity index is 655. The first-order valence-electron chi connectivity index (χ1n) is 9.96. The molecule has 0 aliphatic carbocycles. The van der Waals surface area contributed by atoms with Gasteiger partial charge < -0.3 is 37.8 Å². The number of unbranched alkanes of at least 4 members (excludes halogenated alkanes) is 1. The molecule has 170 valence electrons. The van der Waals surface area contributed by atoms with E-state index in [-0.39, 0.29) is 6.54 Å². The first-order chi connectivity index (χ1) is 14.1. The number of nitrogens with two attached hydrogens (primary N) is 3. The third-order valence-corrected chi connectivity index (χ3v) is 4.83. The number of carboxylic acid groups (broad SMARTS) is 1. The minimum Gasteiger partial charge on any atom is -0.480 e. The molecule has 1 aliphatic heterocycles. The van der Waals surface area contributed by atoms with Gasteiger partial charge in [0.05, 0.1) is 12.5 Å². The molecule has 0 aromatic carbocycles. The number of hydrogen-bond acceptors (Lipinski definition) is 7. The number of amides is 4. The molecule has 30 heavy (non-hydrogen) atoms. The van der Waals surface area contributed by atoms with E-state index in [1.807, 2.05) is 0 Å². The van der Waals surface area contributed by atoms with Crippen LogP contribution in [0.2, 0.25) is 0 Å². The number of carbonyl (C=O) groups is 5. The van der Waals surface area contributed by atoms with Crippen molar-refractivity contribution in [1.82, 2.24) is 15.5 Å². The molecule has 12 heteroatoms. The van der Waals surface area contributed by atoms with Crippen LogP contribution in [0.15, 0.2) is 0 Å². The number of rotatable bonds is 12. The van der Waals surface area contributed by atoms with E-state index in [0.29, 0.717) is 38.6 Å². The lowest BCUT2D eigenvalue weighted by molar-refractivity contribution is -0.146. The largest absolute Gasteiger partial charge is 0.480 e. The minimum atomic E-state index is -1.48. The van der Waals surface area contributed by atoms with Gasteiger partial charge in [-0.05, 0) is 45.6 Å². The van der Waals surface area contributed by atoms with Crippen LogP contribution in [0.5, 0.6) is 0 Å². The first-order valence-corrected chi connectivity index (χ1v) is 9.96. The standard InChI is InChI=1S/C18H32N6O6/c1-10(20)15(26)22-11(5-2-3-7-19)17(28)24-8-4-6-13(24)16(27)23-12(18(29)30)9-14(21)25/h10-13H,2-9,19-20H2,1H3,(H2,21,25)(H,22,26)(H,23,27)(H,29,30).